The normalized spacial score (nSPS) is 16.3. The first-order valence-corrected chi connectivity index (χ1v) is 51.6. The van der Waals surface area contributed by atoms with E-state index in [9.17, 15) is 0 Å². The van der Waals surface area contributed by atoms with E-state index in [4.69, 9.17) is 0 Å². The van der Waals surface area contributed by atoms with Gasteiger partial charge < -0.3 is 13.7 Å². The van der Waals surface area contributed by atoms with Crippen LogP contribution in [0.1, 0.15) is 56.2 Å². The van der Waals surface area contributed by atoms with Gasteiger partial charge in [-0.15, -0.1) is 14.0 Å². The molecular formula is C133H83N15+6. The van der Waals surface area contributed by atoms with Crippen LogP contribution in [0, 0.1) is 27.7 Å². The first kappa shape index (κ1) is 77.3. The summed E-state index contributed by atoms with van der Waals surface area (Å²) in [5, 5.41) is 23.0. The Morgan fingerprint density at radius 2 is 0.588 bits per heavy atom. The van der Waals surface area contributed by atoms with E-state index in [2.05, 4.69) is 528 Å². The van der Waals surface area contributed by atoms with Crippen molar-refractivity contribution >= 4 is 163 Å². The Hall–Kier alpha value is -19.4. The van der Waals surface area contributed by atoms with Gasteiger partial charge in [0.05, 0.1) is 108 Å². The smallest absolute Gasteiger partial charge is 0.307 e. The molecular weight excluding hydrogens is 1810 g/mol. The molecule has 18 aromatic carbocycles. The minimum atomic E-state index is -0.674. The van der Waals surface area contributed by atoms with Crippen LogP contribution in [0.15, 0.2) is 431 Å². The highest BCUT2D eigenvalue weighted by Gasteiger charge is 2.73. The number of benzene rings is 18. The van der Waals surface area contributed by atoms with Crippen LogP contribution in [0.25, 0.3) is 248 Å². The molecule has 0 fully saturated rings. The Bertz CT molecular complexity index is 11600. The van der Waals surface area contributed by atoms with Gasteiger partial charge in [0.25, 0.3) is 11.6 Å². The van der Waals surface area contributed by atoms with Gasteiger partial charge in [0.15, 0.2) is 16.7 Å². The summed E-state index contributed by atoms with van der Waals surface area (Å²) in [5.41, 5.74) is 42.3. The lowest BCUT2D eigenvalue weighted by molar-refractivity contribution is -0.995. The molecule has 0 aliphatic carbocycles. The highest BCUT2D eigenvalue weighted by atomic mass is 15.6. The van der Waals surface area contributed by atoms with Gasteiger partial charge in [-0.25, -0.2) is 0 Å². The molecule has 148 heavy (non-hydrogen) atoms. The van der Waals surface area contributed by atoms with Crippen molar-refractivity contribution in [2.45, 2.75) is 44.7 Å². The van der Waals surface area contributed by atoms with Crippen LogP contribution in [0.4, 0.5) is 0 Å². The van der Waals surface area contributed by atoms with E-state index < -0.39 is 17.0 Å². The molecule has 0 radical (unpaired) electrons. The third kappa shape index (κ3) is 8.40. The summed E-state index contributed by atoms with van der Waals surface area (Å²) in [4.78, 5) is 0. The lowest BCUT2D eigenvalue weighted by atomic mass is 9.82. The number of hydrogen-bond donors (Lipinski definition) is 0. The van der Waals surface area contributed by atoms with E-state index in [-0.39, 0.29) is 0 Å². The average molecular weight is 1890 g/mol. The molecule has 0 N–H and O–H groups in total. The maximum Gasteiger partial charge on any atom is 0.394 e. The standard InChI is InChI=1S/2C45H29N5.C43H25N5/c1-26-40(32-17-9-13-28-12-3-4-14-29(28)32)27(2)50-45-41-37(47-35-19-7-5-15-30(35)33-23-24-39(49(26)50)42(45)43(33)47)21-10-22-38(41)48-36-20-8-6-16-31(36)34-18-11-25-46(45)44(34)48;1-26-40(32-18-11-14-28-13-3-4-15-29(28)32)27(2)50-45-41-37(21-12-22-38(41)49(26)50)47-35-19-7-5-16-30(35)33-25-34-31-17-6-8-20-36(31)48(44(34)42(45)43(33)47)39-23-9-10-24-46(39)45;1-2-10-27-23-28(17-16-26(27)9-1)29-24-45-36-20-18-32-30-11-3-5-13-34(30)47-37-21-19-33-31-12-4-6-14-35(31)48-38-15-7-8-22-44(38)43(46(45)25-29,39(36)41(32)47)40(37)42(33)48/h2*3-25H,1-2H3;1-25H/q3*+2. The van der Waals surface area contributed by atoms with Crippen molar-refractivity contribution in [2.24, 2.45) is 0 Å². The number of hydrogen-bond acceptors (Lipinski definition) is 0. The second kappa shape index (κ2) is 26.2. The summed E-state index contributed by atoms with van der Waals surface area (Å²) in [7, 11) is 0. The third-order valence-corrected chi connectivity index (χ3v) is 35.6. The predicted molar refractivity (Wildman–Crippen MR) is 587 cm³/mol. The van der Waals surface area contributed by atoms with Crippen LogP contribution in [0.3, 0.4) is 0 Å². The molecule has 12 aromatic heterocycles. The van der Waals surface area contributed by atoms with Gasteiger partial charge in [-0.05, 0) is 215 Å². The highest BCUT2D eigenvalue weighted by Crippen LogP contribution is 2.61. The Labute approximate surface area is 843 Å². The zero-order chi connectivity index (χ0) is 96.1. The van der Waals surface area contributed by atoms with Crippen LogP contribution < -0.4 is 27.7 Å². The van der Waals surface area contributed by atoms with Crippen molar-refractivity contribution in [2.75, 3.05) is 0 Å². The van der Waals surface area contributed by atoms with E-state index in [0.29, 0.717) is 0 Å². The van der Waals surface area contributed by atoms with Crippen molar-refractivity contribution in [1.82, 2.24) is 41.4 Å². The Morgan fingerprint density at radius 1 is 0.223 bits per heavy atom. The van der Waals surface area contributed by atoms with Crippen LogP contribution in [-0.2, 0) is 17.0 Å². The summed E-state index contributed by atoms with van der Waals surface area (Å²) in [6.07, 6.45) is 11.7. The summed E-state index contributed by atoms with van der Waals surface area (Å²) in [5.74, 6) is 2.33. The molecule has 39 rings (SSSR count). The number of fused-ring (bicyclic) bond motifs is 35. The van der Waals surface area contributed by atoms with E-state index in [1.54, 1.807) is 0 Å². The average Bonchev–Trinajstić information content (AvgIpc) is 1.45. The van der Waals surface area contributed by atoms with Gasteiger partial charge in [0.1, 0.15) is 67.0 Å². The molecule has 21 heterocycles. The van der Waals surface area contributed by atoms with Gasteiger partial charge >= 0.3 is 22.6 Å². The molecule has 684 valence electrons. The predicted octanol–water partition coefficient (Wildman–Crippen LogP) is 26.1. The van der Waals surface area contributed by atoms with Crippen LogP contribution in [0.5, 0.6) is 0 Å². The third-order valence-electron chi connectivity index (χ3n) is 35.6. The fourth-order valence-corrected chi connectivity index (χ4v) is 30.6. The zero-order valence-corrected chi connectivity index (χ0v) is 80.7. The molecule has 3 unspecified atom stereocenters. The van der Waals surface area contributed by atoms with Crippen molar-refractivity contribution in [3.8, 4) is 84.8 Å². The fraction of sp³-hybridized carbons (Fsp3) is 0.0526. The second-order valence-corrected chi connectivity index (χ2v) is 41.9. The SMILES string of the molecule is Cc1c(-c2cccc3ccccc23)c(C)[n+]2n1-c1ccc3c4ccccc4n4c3c1C21c2c-4cccc2-n2c3ccccc3c3ccc[n+]1c32.Cc1c(-c2cccc3ccccc23)c(C)[n+]2n1-c1cccc3c1C21c2c4c(cc5c6ccccc6n(c25)-c2cccc[n+]21)c1ccccc1n4-3.c1cc[n+]2c(c1)-n1c3ccccc3c3ccc4c(c31)C21c2c(ccc3c5ccccc5n-4c23)-n2cc(-c3ccc4ccccc4c3)c[n+]21. The van der Waals surface area contributed by atoms with Crippen LogP contribution in [0.2, 0.25) is 0 Å². The van der Waals surface area contributed by atoms with Crippen molar-refractivity contribution in [3.63, 3.8) is 0 Å². The minimum Gasteiger partial charge on any atom is -0.307 e. The van der Waals surface area contributed by atoms with Crippen molar-refractivity contribution in [1.29, 1.82) is 0 Å². The molecule has 15 heteroatoms. The lowest BCUT2D eigenvalue weighted by Gasteiger charge is -2.33. The Morgan fingerprint density at radius 3 is 1.14 bits per heavy atom. The first-order valence-electron chi connectivity index (χ1n) is 51.6. The maximum atomic E-state index is 2.65. The molecule has 0 amide bonds. The molecule has 0 saturated heterocycles. The van der Waals surface area contributed by atoms with E-state index in [1.807, 2.05) is 0 Å². The quantitative estimate of drug-likeness (QED) is 0.158. The van der Waals surface area contributed by atoms with Gasteiger partial charge in [0.2, 0.25) is 17.6 Å². The number of aromatic nitrogens is 15. The second-order valence-electron chi connectivity index (χ2n) is 41.9. The first-order chi connectivity index (χ1) is 73.2. The molecule has 15 nitrogen and oxygen atoms in total. The van der Waals surface area contributed by atoms with Crippen LogP contribution in [-0.4, -0.2) is 41.4 Å². The van der Waals surface area contributed by atoms with Gasteiger partial charge in [-0.1, -0.05) is 251 Å². The number of nitrogens with zero attached hydrogens (tertiary/aromatic N) is 15. The van der Waals surface area contributed by atoms with E-state index in [0.717, 1.165) is 5.82 Å². The molecule has 30 aromatic rings. The van der Waals surface area contributed by atoms with Gasteiger partial charge in [-0.2, -0.15) is 27.4 Å². The zero-order valence-electron chi connectivity index (χ0n) is 80.7. The Kier molecular flexibility index (Phi) is 13.7. The summed E-state index contributed by atoms with van der Waals surface area (Å²) < 4.78 is 38.2. The van der Waals surface area contributed by atoms with Crippen molar-refractivity contribution < 1.29 is 27.7 Å². The molecule has 3 atom stereocenters. The largest absolute Gasteiger partial charge is 0.394 e. The van der Waals surface area contributed by atoms with E-state index in [1.165, 1.54) is 298 Å². The summed E-state index contributed by atoms with van der Waals surface area (Å²) >= 11 is 0. The topological polar surface area (TPSA) is 67.6 Å². The minimum absolute atomic E-state index is 0.649. The summed E-state index contributed by atoms with van der Waals surface area (Å²) in [6.45, 7) is 9.32. The van der Waals surface area contributed by atoms with Gasteiger partial charge in [0, 0.05) is 85.2 Å². The summed E-state index contributed by atoms with van der Waals surface area (Å²) in [6, 6.07) is 149. The number of pyridine rings is 3. The van der Waals surface area contributed by atoms with Gasteiger partial charge in [-0.3, -0.25) is 0 Å². The molecule has 3 spiro atoms. The number of rotatable bonds is 3. The van der Waals surface area contributed by atoms with E-state index >= 15 is 0 Å². The molecule has 9 aliphatic rings. The maximum absolute atomic E-state index is 2.65. The molecule has 9 aliphatic heterocycles. The van der Waals surface area contributed by atoms with Crippen LogP contribution >= 0.6 is 0 Å². The monoisotopic (exact) mass is 1890 g/mol. The lowest BCUT2D eigenvalue weighted by Crippen LogP contribution is -2.77. The molecule has 0 bridgehead atoms. The molecule has 0 saturated carbocycles. The Balaban J connectivity index is 0.0000000903. The fourth-order valence-electron chi connectivity index (χ4n) is 30.6. The highest BCUT2D eigenvalue weighted by molar-refractivity contribution is 6.24. The number of para-hydroxylation sites is 6. The van der Waals surface area contributed by atoms with Crippen molar-refractivity contribution in [3.05, 3.63) is 488 Å².